The molecule has 0 bridgehead atoms. The number of carbonyl (C=O) groups excluding carboxylic acids is 1. The molecule has 17 heteroatoms. The van der Waals surface area contributed by atoms with Crippen molar-refractivity contribution in [2.24, 2.45) is 12.5 Å². The number of hydrogen-bond acceptors (Lipinski definition) is 8. The zero-order valence-electron chi connectivity index (χ0n) is 30.8. The number of pyridine rings is 1. The molecule has 296 valence electrons. The average molecular weight is 801 g/mol. The summed E-state index contributed by atoms with van der Waals surface area (Å²) in [5.41, 5.74) is -1.92. The number of halogens is 6. The van der Waals surface area contributed by atoms with Crippen LogP contribution in [0, 0.1) is 17.0 Å². The number of sulfone groups is 1. The highest BCUT2D eigenvalue weighted by atomic mass is 32.2. The van der Waals surface area contributed by atoms with Crippen LogP contribution in [0.4, 0.5) is 32.2 Å². The highest BCUT2D eigenvalue weighted by Crippen LogP contribution is 2.76. The number of aryl methyl sites for hydroxylation is 1. The highest BCUT2D eigenvalue weighted by Gasteiger charge is 2.75. The zero-order chi connectivity index (χ0) is 40.3. The summed E-state index contributed by atoms with van der Waals surface area (Å²) in [6.07, 6.45) is -2.60. The van der Waals surface area contributed by atoms with Crippen molar-refractivity contribution in [3.05, 3.63) is 94.1 Å². The Hall–Kier alpha value is -4.77. The van der Waals surface area contributed by atoms with E-state index >= 15 is 8.78 Å². The molecule has 3 aliphatic rings. The lowest BCUT2D eigenvalue weighted by atomic mass is 9.86. The molecule has 0 amide bonds. The Morgan fingerprint density at radius 2 is 1.70 bits per heavy atom. The minimum Gasteiger partial charge on any atom is -0.386 e. The Balaban J connectivity index is 1.25. The number of aromatic nitrogens is 5. The van der Waals surface area contributed by atoms with E-state index in [2.05, 4.69) is 10.2 Å². The van der Waals surface area contributed by atoms with Gasteiger partial charge >= 0.3 is 0 Å². The number of aliphatic hydroxyl groups is 1. The molecule has 0 radical (unpaired) electrons. The van der Waals surface area contributed by atoms with Gasteiger partial charge in [0, 0.05) is 78.2 Å². The Kier molecular flexibility index (Phi) is 8.77. The number of alkyl halides is 4. The van der Waals surface area contributed by atoms with E-state index in [9.17, 15) is 35.9 Å². The smallest absolute Gasteiger partial charge is 0.295 e. The van der Waals surface area contributed by atoms with E-state index in [-0.39, 0.29) is 48.5 Å². The van der Waals surface area contributed by atoms with Crippen molar-refractivity contribution in [3.8, 4) is 11.1 Å². The van der Waals surface area contributed by atoms with Crippen LogP contribution in [0.1, 0.15) is 78.9 Å². The van der Waals surface area contributed by atoms with Gasteiger partial charge in [-0.2, -0.15) is 19.0 Å². The summed E-state index contributed by atoms with van der Waals surface area (Å²) in [7, 11) is -1.84. The number of para-hydroxylation sites is 1. The molecule has 1 N–H and O–H groups in total. The van der Waals surface area contributed by atoms with Gasteiger partial charge in [0.2, 0.25) is 0 Å². The largest absolute Gasteiger partial charge is 0.386 e. The van der Waals surface area contributed by atoms with Gasteiger partial charge in [0.1, 0.15) is 35.4 Å². The van der Waals surface area contributed by atoms with E-state index in [0.29, 0.717) is 44.3 Å². The SMILES string of the molecule is Cn1nc(CS(C)(=O)=O)c2cccc(-c3ccc(N4CC(C)(O)C4)nc3[C@@H](CC(=O)Cn3nc(C(F)F)c4c3C(F)(F)[C@]3(C)C[C@H]43)Cc3cc(F)cc(F)c3)c21. The molecule has 10 nitrogen and oxygen atoms in total. The Morgan fingerprint density at radius 3 is 2.34 bits per heavy atom. The molecule has 2 aromatic carbocycles. The molecule has 1 saturated heterocycles. The molecule has 1 aliphatic heterocycles. The van der Waals surface area contributed by atoms with E-state index in [1.54, 1.807) is 49.2 Å². The second-order valence-electron chi connectivity index (χ2n) is 16.1. The van der Waals surface area contributed by atoms with Crippen LogP contribution in [-0.2, 0) is 46.3 Å². The first-order chi connectivity index (χ1) is 26.2. The molecule has 2 fully saturated rings. The molecule has 5 aromatic rings. The summed E-state index contributed by atoms with van der Waals surface area (Å²) >= 11 is 0. The number of fused-ring (bicyclic) bond motifs is 4. The number of rotatable bonds is 12. The van der Waals surface area contributed by atoms with Crippen molar-refractivity contribution in [1.29, 1.82) is 0 Å². The molecule has 56 heavy (non-hydrogen) atoms. The van der Waals surface area contributed by atoms with Gasteiger partial charge in [-0.3, -0.25) is 14.2 Å². The van der Waals surface area contributed by atoms with Gasteiger partial charge in [0.15, 0.2) is 15.6 Å². The third-order valence-electron chi connectivity index (χ3n) is 11.3. The maximum Gasteiger partial charge on any atom is 0.295 e. The van der Waals surface area contributed by atoms with E-state index in [1.165, 1.54) is 11.6 Å². The second-order valence-corrected chi connectivity index (χ2v) is 18.2. The predicted molar refractivity (Wildman–Crippen MR) is 194 cm³/mol. The quantitative estimate of drug-likeness (QED) is 0.138. The molecule has 2 aliphatic carbocycles. The minimum absolute atomic E-state index is 0.0229. The summed E-state index contributed by atoms with van der Waals surface area (Å²) in [5, 5.41) is 19.4. The first kappa shape index (κ1) is 38.1. The van der Waals surface area contributed by atoms with Crippen molar-refractivity contribution in [2.45, 2.75) is 75.2 Å². The zero-order valence-corrected chi connectivity index (χ0v) is 31.6. The molecule has 0 spiro atoms. The van der Waals surface area contributed by atoms with Gasteiger partial charge in [-0.1, -0.05) is 25.1 Å². The lowest BCUT2D eigenvalue weighted by molar-refractivity contribution is -0.120. The maximum atomic E-state index is 15.8. The topological polar surface area (TPSA) is 123 Å². The van der Waals surface area contributed by atoms with Gasteiger partial charge in [-0.05, 0) is 49.6 Å². The average Bonchev–Trinajstić information content (AvgIpc) is 3.40. The van der Waals surface area contributed by atoms with Gasteiger partial charge in [0.25, 0.3) is 12.3 Å². The van der Waals surface area contributed by atoms with E-state index < -0.39 is 86.8 Å². The standard InChI is InChI=1S/C39H38F6N6O4S/c1-37(53)18-50(19-37)30-9-8-25(26-6-5-7-27-29(17-56(4,54)55)47-49(3)34(26)27)32(46-30)21(10-20-11-22(40)14-23(41)12-20)13-24(52)16-51-35-31(33(48-51)36(42)43)28-15-38(28,2)39(35,44)45/h5-9,11-12,14,21,28,36,53H,10,13,15-19H2,1-4H3/t21-,28-,38-/m1/s1. The lowest BCUT2D eigenvalue weighted by Crippen LogP contribution is -2.60. The van der Waals surface area contributed by atoms with Crippen LogP contribution >= 0.6 is 0 Å². The van der Waals surface area contributed by atoms with Crippen LogP contribution in [0.5, 0.6) is 0 Å². The third kappa shape index (κ3) is 6.45. The number of anilines is 1. The number of hydrogen-bond donors (Lipinski definition) is 1. The molecular weight excluding hydrogens is 763 g/mol. The third-order valence-corrected chi connectivity index (χ3v) is 12.1. The predicted octanol–water partition coefficient (Wildman–Crippen LogP) is 6.75. The fourth-order valence-corrected chi connectivity index (χ4v) is 9.44. The van der Waals surface area contributed by atoms with Crippen LogP contribution in [0.2, 0.25) is 0 Å². The van der Waals surface area contributed by atoms with Crippen molar-refractivity contribution < 1.29 is 44.7 Å². The summed E-state index contributed by atoms with van der Waals surface area (Å²) in [5.74, 6) is -7.60. The number of β-amino-alcohol motifs (C(OH)–C–C–N with tert-alkyl or cyclic N) is 1. The molecule has 0 unspecified atom stereocenters. The van der Waals surface area contributed by atoms with E-state index in [0.717, 1.165) is 18.4 Å². The van der Waals surface area contributed by atoms with Crippen molar-refractivity contribution >= 4 is 32.3 Å². The summed E-state index contributed by atoms with van der Waals surface area (Å²) in [6, 6.07) is 11.6. The lowest BCUT2D eigenvalue weighted by Gasteiger charge is -2.45. The van der Waals surface area contributed by atoms with Gasteiger partial charge in [-0.25, -0.2) is 31.0 Å². The van der Waals surface area contributed by atoms with Crippen molar-refractivity contribution in [1.82, 2.24) is 24.5 Å². The number of carbonyl (C=O) groups is 1. The summed E-state index contributed by atoms with van der Waals surface area (Å²) in [6.45, 7) is 2.69. The summed E-state index contributed by atoms with van der Waals surface area (Å²) < 4.78 is 116. The number of benzene rings is 2. The normalized spacial score (nSPS) is 21.3. The van der Waals surface area contributed by atoms with E-state index in [4.69, 9.17) is 4.98 Å². The second kappa shape index (κ2) is 12.9. The molecule has 4 heterocycles. The fraction of sp³-hybridized carbons (Fsp3) is 0.436. The molecular formula is C39H38F6N6O4S. The number of ketones is 1. The fourth-order valence-electron chi connectivity index (χ4n) is 8.73. The van der Waals surface area contributed by atoms with Gasteiger partial charge in [-0.15, -0.1) is 0 Å². The first-order valence-corrected chi connectivity index (χ1v) is 20.1. The minimum atomic E-state index is -3.51. The molecule has 3 atom stereocenters. The summed E-state index contributed by atoms with van der Waals surface area (Å²) in [4.78, 5) is 20.9. The van der Waals surface area contributed by atoms with Crippen molar-refractivity contribution in [2.75, 3.05) is 24.2 Å². The molecule has 3 aromatic heterocycles. The maximum absolute atomic E-state index is 15.8. The monoisotopic (exact) mass is 800 g/mol. The van der Waals surface area contributed by atoms with E-state index in [1.807, 2.05) is 0 Å². The van der Waals surface area contributed by atoms with Crippen LogP contribution in [0.25, 0.3) is 22.0 Å². The Morgan fingerprint density at radius 1 is 1.00 bits per heavy atom. The van der Waals surface area contributed by atoms with Gasteiger partial charge in [0.05, 0.1) is 28.3 Å². The van der Waals surface area contributed by atoms with Crippen molar-refractivity contribution in [3.63, 3.8) is 0 Å². The number of Topliss-reactive ketones (excluding diaryl/α,β-unsaturated/α-hetero) is 1. The first-order valence-electron chi connectivity index (χ1n) is 18.0. The molecule has 8 rings (SSSR count). The van der Waals surface area contributed by atoms with Crippen LogP contribution in [-0.4, -0.2) is 68.8 Å². The van der Waals surface area contributed by atoms with Crippen LogP contribution < -0.4 is 4.90 Å². The Bertz CT molecular complexity index is 2530. The van der Waals surface area contributed by atoms with Crippen LogP contribution in [0.15, 0.2) is 48.5 Å². The highest BCUT2D eigenvalue weighted by molar-refractivity contribution is 7.89. The molecule has 1 saturated carbocycles. The number of nitrogens with zero attached hydrogens (tertiary/aromatic N) is 6. The van der Waals surface area contributed by atoms with Crippen LogP contribution in [0.3, 0.4) is 0 Å². The van der Waals surface area contributed by atoms with Gasteiger partial charge < -0.3 is 10.0 Å². The Labute approximate surface area is 318 Å².